The minimum Gasteiger partial charge on any atom is -0.463 e. The SMILES string of the molecule is COC(=O)c1ccc(COC(=O)CC(NC(C)=O)c2ccc(Cl)cc2)o1. The summed E-state index contributed by atoms with van der Waals surface area (Å²) in [6, 6.07) is 9.21. The molecule has 0 radical (unpaired) electrons. The van der Waals surface area contributed by atoms with Gasteiger partial charge in [-0.2, -0.15) is 0 Å². The van der Waals surface area contributed by atoms with Crippen molar-refractivity contribution in [2.24, 2.45) is 0 Å². The van der Waals surface area contributed by atoms with E-state index in [-0.39, 0.29) is 24.7 Å². The zero-order chi connectivity index (χ0) is 19.1. The molecule has 0 fully saturated rings. The molecule has 1 amide bonds. The van der Waals surface area contributed by atoms with Crippen LogP contribution >= 0.6 is 11.6 Å². The maximum Gasteiger partial charge on any atom is 0.373 e. The summed E-state index contributed by atoms with van der Waals surface area (Å²) in [4.78, 5) is 34.8. The van der Waals surface area contributed by atoms with Crippen LogP contribution in [-0.4, -0.2) is 25.0 Å². The van der Waals surface area contributed by atoms with Crippen molar-refractivity contribution in [1.82, 2.24) is 5.32 Å². The summed E-state index contributed by atoms with van der Waals surface area (Å²) in [7, 11) is 1.24. The Morgan fingerprint density at radius 2 is 1.85 bits per heavy atom. The lowest BCUT2D eigenvalue weighted by Crippen LogP contribution is -2.28. The van der Waals surface area contributed by atoms with Gasteiger partial charge in [0.15, 0.2) is 0 Å². The summed E-state index contributed by atoms with van der Waals surface area (Å²) in [6.45, 7) is 1.23. The van der Waals surface area contributed by atoms with Crippen molar-refractivity contribution in [3.8, 4) is 0 Å². The van der Waals surface area contributed by atoms with Crippen molar-refractivity contribution >= 4 is 29.4 Å². The molecule has 1 aromatic heterocycles. The molecular weight excluding hydrogens is 362 g/mol. The lowest BCUT2D eigenvalue weighted by atomic mass is 10.0. The Balaban J connectivity index is 1.96. The number of methoxy groups -OCH3 is 1. The molecule has 8 heteroatoms. The Labute approximate surface area is 155 Å². The van der Waals surface area contributed by atoms with Crippen LogP contribution in [0.2, 0.25) is 5.02 Å². The fourth-order valence-corrected chi connectivity index (χ4v) is 2.36. The zero-order valence-corrected chi connectivity index (χ0v) is 15.0. The van der Waals surface area contributed by atoms with Crippen LogP contribution < -0.4 is 5.32 Å². The Morgan fingerprint density at radius 3 is 2.46 bits per heavy atom. The number of ether oxygens (including phenoxy) is 2. The Hall–Kier alpha value is -2.80. The maximum absolute atomic E-state index is 12.1. The molecule has 1 atom stereocenters. The monoisotopic (exact) mass is 379 g/mol. The van der Waals surface area contributed by atoms with E-state index in [2.05, 4.69) is 10.1 Å². The third kappa shape index (κ3) is 5.63. The van der Waals surface area contributed by atoms with E-state index in [0.29, 0.717) is 10.8 Å². The highest BCUT2D eigenvalue weighted by atomic mass is 35.5. The van der Waals surface area contributed by atoms with Gasteiger partial charge >= 0.3 is 11.9 Å². The minimum atomic E-state index is -0.615. The van der Waals surface area contributed by atoms with Crippen LogP contribution in [0.25, 0.3) is 0 Å². The third-order valence-corrected chi connectivity index (χ3v) is 3.70. The van der Waals surface area contributed by atoms with Crippen molar-refractivity contribution < 1.29 is 28.3 Å². The number of furan rings is 1. The summed E-state index contributed by atoms with van der Waals surface area (Å²) in [5.41, 5.74) is 0.729. The molecule has 0 aliphatic heterocycles. The number of esters is 2. The fraction of sp³-hybridized carbons (Fsp3) is 0.278. The van der Waals surface area contributed by atoms with E-state index in [4.69, 9.17) is 20.8 Å². The molecular formula is C18H18ClNO6. The van der Waals surface area contributed by atoms with Gasteiger partial charge in [0.1, 0.15) is 12.4 Å². The van der Waals surface area contributed by atoms with Gasteiger partial charge in [0, 0.05) is 11.9 Å². The Morgan fingerprint density at radius 1 is 1.15 bits per heavy atom. The molecule has 138 valence electrons. The number of hydrogen-bond donors (Lipinski definition) is 1. The van der Waals surface area contributed by atoms with Gasteiger partial charge in [0.05, 0.1) is 19.6 Å². The Bertz CT molecular complexity index is 783. The second kappa shape index (κ2) is 9.05. The number of amides is 1. The number of nitrogens with one attached hydrogen (secondary N) is 1. The van der Waals surface area contributed by atoms with Crippen LogP contribution in [0.4, 0.5) is 0 Å². The van der Waals surface area contributed by atoms with Crippen molar-refractivity contribution in [3.63, 3.8) is 0 Å². The van der Waals surface area contributed by atoms with Crippen LogP contribution in [0.5, 0.6) is 0 Å². The number of benzene rings is 1. The first-order valence-electron chi connectivity index (χ1n) is 7.74. The summed E-state index contributed by atoms with van der Waals surface area (Å²) in [6.07, 6.45) is -0.0637. The largest absolute Gasteiger partial charge is 0.463 e. The highest BCUT2D eigenvalue weighted by Crippen LogP contribution is 2.20. The first kappa shape index (κ1) is 19.5. The first-order chi connectivity index (χ1) is 12.4. The van der Waals surface area contributed by atoms with E-state index in [1.54, 1.807) is 24.3 Å². The van der Waals surface area contributed by atoms with Crippen LogP contribution in [0.3, 0.4) is 0 Å². The van der Waals surface area contributed by atoms with E-state index >= 15 is 0 Å². The van der Waals surface area contributed by atoms with Crippen molar-refractivity contribution in [1.29, 1.82) is 0 Å². The van der Waals surface area contributed by atoms with E-state index < -0.39 is 18.0 Å². The third-order valence-electron chi connectivity index (χ3n) is 3.44. The van der Waals surface area contributed by atoms with E-state index in [9.17, 15) is 14.4 Å². The van der Waals surface area contributed by atoms with E-state index in [1.165, 1.54) is 26.2 Å². The lowest BCUT2D eigenvalue weighted by molar-refractivity contribution is -0.146. The van der Waals surface area contributed by atoms with Gasteiger partial charge in [-0.25, -0.2) is 4.79 Å². The standard InChI is InChI=1S/C18H18ClNO6/c1-11(21)20-15(12-3-5-13(19)6-4-12)9-17(22)25-10-14-7-8-16(26-14)18(23)24-2/h3-8,15H,9-10H2,1-2H3,(H,20,21). The van der Waals surface area contributed by atoms with Crippen LogP contribution in [0, 0.1) is 0 Å². The lowest BCUT2D eigenvalue weighted by Gasteiger charge is -2.17. The normalized spacial score (nSPS) is 11.5. The van der Waals surface area contributed by atoms with Crippen molar-refractivity contribution in [3.05, 3.63) is 58.5 Å². The molecule has 0 aliphatic rings. The average Bonchev–Trinajstić information content (AvgIpc) is 3.08. The molecule has 0 saturated carbocycles. The van der Waals surface area contributed by atoms with E-state index in [1.807, 2.05) is 0 Å². The number of halogens is 1. The summed E-state index contributed by atoms with van der Waals surface area (Å²) in [5, 5.41) is 3.26. The second-order valence-electron chi connectivity index (χ2n) is 5.43. The smallest absolute Gasteiger partial charge is 0.373 e. The molecule has 0 aliphatic carbocycles. The maximum atomic E-state index is 12.1. The molecule has 1 heterocycles. The molecule has 0 saturated heterocycles. The molecule has 0 bridgehead atoms. The van der Waals surface area contributed by atoms with Crippen LogP contribution in [0.1, 0.15) is 41.3 Å². The van der Waals surface area contributed by atoms with Gasteiger partial charge in [-0.1, -0.05) is 23.7 Å². The van der Waals surface area contributed by atoms with Crippen molar-refractivity contribution in [2.75, 3.05) is 7.11 Å². The highest BCUT2D eigenvalue weighted by molar-refractivity contribution is 6.30. The van der Waals surface area contributed by atoms with Gasteiger partial charge in [0.2, 0.25) is 11.7 Å². The van der Waals surface area contributed by atoms with Gasteiger partial charge in [-0.05, 0) is 29.8 Å². The topological polar surface area (TPSA) is 94.8 Å². The molecule has 2 rings (SSSR count). The van der Waals surface area contributed by atoms with E-state index in [0.717, 1.165) is 5.56 Å². The predicted octanol–water partition coefficient (Wildman–Crippen LogP) is 3.03. The summed E-state index contributed by atoms with van der Waals surface area (Å²) in [5.74, 6) is -1.09. The predicted molar refractivity (Wildman–Crippen MR) is 92.5 cm³/mol. The Kier molecular flexibility index (Phi) is 6.80. The molecule has 1 unspecified atom stereocenters. The minimum absolute atomic E-state index is 0.0239. The second-order valence-corrected chi connectivity index (χ2v) is 5.86. The zero-order valence-electron chi connectivity index (χ0n) is 14.3. The molecule has 0 spiro atoms. The number of rotatable bonds is 7. The molecule has 2 aromatic rings. The molecule has 26 heavy (non-hydrogen) atoms. The number of carbonyl (C=O) groups excluding carboxylic acids is 3. The average molecular weight is 380 g/mol. The van der Waals surface area contributed by atoms with Gasteiger partial charge in [-0.15, -0.1) is 0 Å². The molecule has 1 N–H and O–H groups in total. The van der Waals surface area contributed by atoms with Crippen LogP contribution in [0.15, 0.2) is 40.8 Å². The quantitative estimate of drug-likeness (QED) is 0.743. The molecule has 7 nitrogen and oxygen atoms in total. The first-order valence-corrected chi connectivity index (χ1v) is 8.12. The summed E-state index contributed by atoms with van der Waals surface area (Å²) >= 11 is 5.86. The summed E-state index contributed by atoms with van der Waals surface area (Å²) < 4.78 is 14.9. The van der Waals surface area contributed by atoms with Gasteiger partial charge < -0.3 is 19.2 Å². The van der Waals surface area contributed by atoms with Crippen molar-refractivity contribution in [2.45, 2.75) is 26.0 Å². The number of carbonyl (C=O) groups is 3. The highest BCUT2D eigenvalue weighted by Gasteiger charge is 2.19. The van der Waals surface area contributed by atoms with Crippen LogP contribution in [-0.2, 0) is 25.7 Å². The van der Waals surface area contributed by atoms with Gasteiger partial charge in [0.25, 0.3) is 0 Å². The number of hydrogen-bond acceptors (Lipinski definition) is 6. The fourth-order valence-electron chi connectivity index (χ4n) is 2.24. The van der Waals surface area contributed by atoms with Gasteiger partial charge in [-0.3, -0.25) is 9.59 Å². The molecule has 1 aromatic carbocycles.